The van der Waals surface area contributed by atoms with Gasteiger partial charge in [0.15, 0.2) is 0 Å². The molecule has 0 fully saturated rings. The van der Waals surface area contributed by atoms with Crippen molar-refractivity contribution in [3.8, 4) is 0 Å². The average Bonchev–Trinajstić information content (AvgIpc) is 2.49. The number of nitrogens with one attached hydrogen (secondary N) is 1. The van der Waals surface area contributed by atoms with Gasteiger partial charge in [-0.25, -0.2) is 0 Å². The molecule has 0 spiro atoms. The molecule has 1 heterocycles. The van der Waals surface area contributed by atoms with E-state index in [0.717, 1.165) is 18.7 Å². The molecule has 0 saturated carbocycles. The molecule has 0 amide bonds. The SMILES string of the molecule is CCNC(c1ccc(C)nc1)C(CC)c1ccccc1. The predicted octanol–water partition coefficient (Wildman–Crippen LogP) is 4.23. The van der Waals surface area contributed by atoms with E-state index in [1.807, 2.05) is 13.1 Å². The van der Waals surface area contributed by atoms with Gasteiger partial charge in [0.1, 0.15) is 0 Å². The van der Waals surface area contributed by atoms with E-state index in [1.165, 1.54) is 11.1 Å². The summed E-state index contributed by atoms with van der Waals surface area (Å²) in [6.07, 6.45) is 3.11. The summed E-state index contributed by atoms with van der Waals surface area (Å²) in [6.45, 7) is 7.40. The first-order chi connectivity index (χ1) is 9.76. The maximum absolute atomic E-state index is 4.45. The predicted molar refractivity (Wildman–Crippen MR) is 84.9 cm³/mol. The van der Waals surface area contributed by atoms with Crippen molar-refractivity contribution in [2.75, 3.05) is 6.54 Å². The Kier molecular flexibility index (Phi) is 5.31. The lowest BCUT2D eigenvalue weighted by Gasteiger charge is -2.28. The van der Waals surface area contributed by atoms with E-state index >= 15 is 0 Å². The third-order valence-corrected chi connectivity index (χ3v) is 3.79. The van der Waals surface area contributed by atoms with Crippen molar-refractivity contribution in [1.29, 1.82) is 0 Å². The summed E-state index contributed by atoms with van der Waals surface area (Å²) in [5, 5.41) is 3.63. The highest BCUT2D eigenvalue weighted by Gasteiger charge is 2.22. The van der Waals surface area contributed by atoms with Crippen LogP contribution < -0.4 is 5.32 Å². The molecule has 106 valence electrons. The quantitative estimate of drug-likeness (QED) is 0.848. The molecule has 0 radical (unpaired) electrons. The van der Waals surface area contributed by atoms with Gasteiger partial charge >= 0.3 is 0 Å². The smallest absolute Gasteiger partial charge is 0.0404 e. The van der Waals surface area contributed by atoms with Crippen LogP contribution >= 0.6 is 0 Å². The van der Waals surface area contributed by atoms with E-state index in [2.05, 4.69) is 66.6 Å². The van der Waals surface area contributed by atoms with Crippen LogP contribution in [-0.2, 0) is 0 Å². The Morgan fingerprint density at radius 2 is 1.75 bits per heavy atom. The second kappa shape index (κ2) is 7.20. The summed E-state index contributed by atoms with van der Waals surface area (Å²) >= 11 is 0. The van der Waals surface area contributed by atoms with Crippen LogP contribution in [0, 0.1) is 6.92 Å². The number of aromatic nitrogens is 1. The molecule has 0 aliphatic carbocycles. The Balaban J connectivity index is 2.33. The lowest BCUT2D eigenvalue weighted by molar-refractivity contribution is 0.444. The minimum absolute atomic E-state index is 0.320. The van der Waals surface area contributed by atoms with Gasteiger partial charge < -0.3 is 5.32 Å². The molecule has 0 aliphatic heterocycles. The van der Waals surface area contributed by atoms with E-state index in [-0.39, 0.29) is 0 Å². The van der Waals surface area contributed by atoms with E-state index in [4.69, 9.17) is 0 Å². The van der Waals surface area contributed by atoms with Crippen LogP contribution in [0.15, 0.2) is 48.7 Å². The zero-order chi connectivity index (χ0) is 14.4. The Morgan fingerprint density at radius 1 is 1.00 bits per heavy atom. The van der Waals surface area contributed by atoms with Crippen LogP contribution in [0.25, 0.3) is 0 Å². The highest BCUT2D eigenvalue weighted by atomic mass is 14.9. The van der Waals surface area contributed by atoms with Gasteiger partial charge in [0.05, 0.1) is 0 Å². The van der Waals surface area contributed by atoms with Crippen molar-refractivity contribution in [3.63, 3.8) is 0 Å². The normalized spacial score (nSPS) is 13.9. The van der Waals surface area contributed by atoms with Crippen molar-refractivity contribution >= 4 is 0 Å². The summed E-state index contributed by atoms with van der Waals surface area (Å²) < 4.78 is 0. The van der Waals surface area contributed by atoms with Gasteiger partial charge in [-0.3, -0.25) is 4.98 Å². The first-order valence-electron chi connectivity index (χ1n) is 7.47. The third kappa shape index (κ3) is 3.45. The van der Waals surface area contributed by atoms with Crippen molar-refractivity contribution < 1.29 is 0 Å². The third-order valence-electron chi connectivity index (χ3n) is 3.79. The minimum atomic E-state index is 0.320. The lowest BCUT2D eigenvalue weighted by Crippen LogP contribution is -2.27. The van der Waals surface area contributed by atoms with Crippen molar-refractivity contribution in [2.24, 2.45) is 0 Å². The topological polar surface area (TPSA) is 24.9 Å². The fourth-order valence-electron chi connectivity index (χ4n) is 2.74. The maximum atomic E-state index is 4.45. The molecular formula is C18H24N2. The van der Waals surface area contributed by atoms with E-state index < -0.39 is 0 Å². The van der Waals surface area contributed by atoms with Crippen LogP contribution in [0.2, 0.25) is 0 Å². The Labute approximate surface area is 122 Å². The molecule has 2 aromatic rings. The number of likely N-dealkylation sites (N-methyl/N-ethyl adjacent to an activating group) is 1. The standard InChI is InChI=1S/C18H24N2/c1-4-17(15-9-7-6-8-10-15)18(19-5-2)16-12-11-14(3)20-13-16/h6-13,17-19H,4-5H2,1-3H3. The van der Waals surface area contributed by atoms with Crippen LogP contribution in [0.1, 0.15) is 49.0 Å². The molecule has 1 aromatic carbocycles. The monoisotopic (exact) mass is 268 g/mol. The van der Waals surface area contributed by atoms with E-state index in [9.17, 15) is 0 Å². The molecule has 1 N–H and O–H groups in total. The number of nitrogens with zero attached hydrogens (tertiary/aromatic N) is 1. The van der Waals surface area contributed by atoms with Crippen molar-refractivity contribution in [3.05, 3.63) is 65.5 Å². The molecule has 20 heavy (non-hydrogen) atoms. The summed E-state index contributed by atoms with van der Waals surface area (Å²) in [6, 6.07) is 15.4. The fourth-order valence-corrected chi connectivity index (χ4v) is 2.74. The highest BCUT2D eigenvalue weighted by Crippen LogP contribution is 2.33. The van der Waals surface area contributed by atoms with Gasteiger partial charge in [0, 0.05) is 23.9 Å². The minimum Gasteiger partial charge on any atom is -0.310 e. The van der Waals surface area contributed by atoms with Crippen LogP contribution in [-0.4, -0.2) is 11.5 Å². The van der Waals surface area contributed by atoms with Gasteiger partial charge in [-0.2, -0.15) is 0 Å². The summed E-state index contributed by atoms with van der Waals surface area (Å²) in [4.78, 5) is 4.45. The van der Waals surface area contributed by atoms with Crippen molar-refractivity contribution in [1.82, 2.24) is 10.3 Å². The number of pyridine rings is 1. The summed E-state index contributed by atoms with van der Waals surface area (Å²) in [5.41, 5.74) is 3.73. The van der Waals surface area contributed by atoms with Gasteiger partial charge in [0.2, 0.25) is 0 Å². The molecule has 2 heteroatoms. The fraction of sp³-hybridized carbons (Fsp3) is 0.389. The maximum Gasteiger partial charge on any atom is 0.0404 e. The zero-order valence-corrected chi connectivity index (χ0v) is 12.6. The summed E-state index contributed by atoms with van der Waals surface area (Å²) in [5.74, 6) is 0.473. The van der Waals surface area contributed by atoms with Crippen molar-refractivity contribution in [2.45, 2.75) is 39.2 Å². The number of aryl methyl sites for hydroxylation is 1. The summed E-state index contributed by atoms with van der Waals surface area (Å²) in [7, 11) is 0. The van der Waals surface area contributed by atoms with Crippen LogP contribution in [0.5, 0.6) is 0 Å². The zero-order valence-electron chi connectivity index (χ0n) is 12.6. The first-order valence-corrected chi connectivity index (χ1v) is 7.47. The molecule has 1 aromatic heterocycles. The van der Waals surface area contributed by atoms with Gasteiger partial charge in [-0.05, 0) is 37.1 Å². The molecule has 2 nitrogen and oxygen atoms in total. The Hall–Kier alpha value is -1.67. The molecule has 2 atom stereocenters. The molecule has 0 bridgehead atoms. The molecular weight excluding hydrogens is 244 g/mol. The Morgan fingerprint density at radius 3 is 2.30 bits per heavy atom. The molecule has 0 aliphatic rings. The molecule has 2 unspecified atom stereocenters. The highest BCUT2D eigenvalue weighted by molar-refractivity contribution is 5.27. The number of rotatable bonds is 6. The molecule has 0 saturated heterocycles. The van der Waals surface area contributed by atoms with Crippen LogP contribution in [0.3, 0.4) is 0 Å². The number of benzene rings is 1. The second-order valence-corrected chi connectivity index (χ2v) is 5.19. The van der Waals surface area contributed by atoms with Crippen LogP contribution in [0.4, 0.5) is 0 Å². The van der Waals surface area contributed by atoms with Gasteiger partial charge in [-0.15, -0.1) is 0 Å². The van der Waals surface area contributed by atoms with E-state index in [1.54, 1.807) is 0 Å². The average molecular weight is 268 g/mol. The lowest BCUT2D eigenvalue weighted by atomic mass is 9.85. The number of hydrogen-bond donors (Lipinski definition) is 1. The number of hydrogen-bond acceptors (Lipinski definition) is 2. The van der Waals surface area contributed by atoms with Gasteiger partial charge in [-0.1, -0.05) is 50.2 Å². The first kappa shape index (κ1) is 14.7. The second-order valence-electron chi connectivity index (χ2n) is 5.19. The largest absolute Gasteiger partial charge is 0.310 e. The molecule has 2 rings (SSSR count). The van der Waals surface area contributed by atoms with E-state index in [0.29, 0.717) is 12.0 Å². The Bertz CT molecular complexity index is 505. The van der Waals surface area contributed by atoms with Gasteiger partial charge in [0.25, 0.3) is 0 Å².